The Bertz CT molecular complexity index is 1550. The van der Waals surface area contributed by atoms with Crippen molar-refractivity contribution in [1.29, 1.82) is 5.41 Å². The van der Waals surface area contributed by atoms with E-state index in [4.69, 9.17) is 10.1 Å². The average molecular weight is 492 g/mol. The second kappa shape index (κ2) is 6.70. The van der Waals surface area contributed by atoms with E-state index in [9.17, 15) is 8.42 Å². The normalized spacial score (nSPS) is 24.9. The Balaban J connectivity index is 1.55. The van der Waals surface area contributed by atoms with Crippen molar-refractivity contribution in [3.05, 3.63) is 64.9 Å². The molecule has 3 aromatic rings. The number of benzene rings is 2. The first kappa shape index (κ1) is 20.6. The van der Waals surface area contributed by atoms with E-state index in [0.717, 1.165) is 54.4 Å². The Morgan fingerprint density at radius 2 is 2.00 bits per heavy atom. The molecule has 0 amide bonds. The number of hydrogen-bond donors (Lipinski definition) is 1. The lowest BCUT2D eigenvalue weighted by atomic mass is 9.71. The lowest BCUT2D eigenvalue weighted by Gasteiger charge is -2.52. The van der Waals surface area contributed by atoms with Crippen LogP contribution in [-0.4, -0.2) is 37.1 Å². The van der Waals surface area contributed by atoms with Crippen LogP contribution < -0.4 is 9.64 Å². The minimum Gasteiger partial charge on any atom is -0.494 e. The van der Waals surface area contributed by atoms with E-state index in [2.05, 4.69) is 17.0 Å². The predicted molar refractivity (Wildman–Crippen MR) is 136 cm³/mol. The van der Waals surface area contributed by atoms with Gasteiger partial charge in [-0.05, 0) is 68.0 Å². The van der Waals surface area contributed by atoms with Gasteiger partial charge in [0.1, 0.15) is 11.3 Å². The van der Waals surface area contributed by atoms with E-state index >= 15 is 0 Å². The van der Waals surface area contributed by atoms with Crippen molar-refractivity contribution in [2.75, 3.05) is 18.6 Å². The predicted octanol–water partition coefficient (Wildman–Crippen LogP) is 4.97. The third-order valence-electron chi connectivity index (χ3n) is 8.01. The van der Waals surface area contributed by atoms with Crippen molar-refractivity contribution < 1.29 is 13.2 Å². The number of aromatic nitrogens is 1. The summed E-state index contributed by atoms with van der Waals surface area (Å²) in [4.78, 5) is 2.79. The van der Waals surface area contributed by atoms with Gasteiger partial charge in [-0.3, -0.25) is 5.41 Å². The maximum Gasteiger partial charge on any atom is 0.268 e. The van der Waals surface area contributed by atoms with Crippen molar-refractivity contribution in [2.24, 2.45) is 0 Å². The summed E-state index contributed by atoms with van der Waals surface area (Å²) < 4.78 is 34.7. The number of thioether (sulfide) groups is 1. The van der Waals surface area contributed by atoms with Gasteiger partial charge in [0.15, 0.2) is 0 Å². The monoisotopic (exact) mass is 491 g/mol. The van der Waals surface area contributed by atoms with Crippen LogP contribution in [0.15, 0.2) is 53.1 Å². The molecule has 34 heavy (non-hydrogen) atoms. The second-order valence-electron chi connectivity index (χ2n) is 9.77. The maximum absolute atomic E-state index is 13.8. The molecule has 0 saturated heterocycles. The lowest BCUT2D eigenvalue weighted by molar-refractivity contribution is 0.390. The van der Waals surface area contributed by atoms with Crippen molar-refractivity contribution in [2.45, 2.75) is 48.3 Å². The molecule has 2 bridgehead atoms. The number of methoxy groups -OCH3 is 1. The van der Waals surface area contributed by atoms with Crippen LogP contribution in [0.2, 0.25) is 0 Å². The summed E-state index contributed by atoms with van der Waals surface area (Å²) in [6.07, 6.45) is 7.74. The van der Waals surface area contributed by atoms with Gasteiger partial charge in [-0.1, -0.05) is 29.5 Å². The highest BCUT2D eigenvalue weighted by atomic mass is 32.2. The Morgan fingerprint density at radius 1 is 1.21 bits per heavy atom. The molecule has 1 fully saturated rings. The van der Waals surface area contributed by atoms with Gasteiger partial charge in [0.25, 0.3) is 10.0 Å². The van der Waals surface area contributed by atoms with Gasteiger partial charge in [0.2, 0.25) is 0 Å². The zero-order valence-electron chi connectivity index (χ0n) is 19.1. The third kappa shape index (κ3) is 2.48. The van der Waals surface area contributed by atoms with Crippen LogP contribution in [0.25, 0.3) is 10.9 Å². The molecule has 2 aromatic carbocycles. The van der Waals surface area contributed by atoms with E-state index in [0.29, 0.717) is 22.4 Å². The number of nitrogens with one attached hydrogen (secondary N) is 1. The summed E-state index contributed by atoms with van der Waals surface area (Å²) in [6.45, 7) is 2.84. The standard InChI is InChI=1S/C26H25N3O3S2/c1-15-3-7-19(8-4-15)34(30,31)29-14-16-9-10-28-18-6-5-17-11-22(27)33-26(17,13-18)20-12-21(32-2)25(29)23(16)24(20)28/h3-4,7-8,11-12,14,18,27H,5-6,9-10,13H2,1-2H3/t18-,26+/m0/s1. The highest BCUT2D eigenvalue weighted by molar-refractivity contribution is 8.15. The SMILES string of the molecule is COc1cc2c3c4c(cn(S(=O)(=O)c5ccc(C)cc5)c14)CCN3[C@H]1CCC3=CC(=N)S[C@]32C1. The van der Waals surface area contributed by atoms with Crippen LogP contribution >= 0.6 is 11.8 Å². The number of hydrogen-bond acceptors (Lipinski definition) is 6. The lowest BCUT2D eigenvalue weighted by Crippen LogP contribution is -2.50. The Kier molecular flexibility index (Phi) is 4.07. The van der Waals surface area contributed by atoms with Crippen molar-refractivity contribution >= 4 is 43.4 Å². The second-order valence-corrected chi connectivity index (χ2v) is 12.9. The minimum absolute atomic E-state index is 0.236. The molecular formula is C26H25N3O3S2. The third-order valence-corrected chi connectivity index (χ3v) is 11.0. The summed E-state index contributed by atoms with van der Waals surface area (Å²) in [5.41, 5.74) is 6.36. The van der Waals surface area contributed by atoms with Gasteiger partial charge < -0.3 is 9.64 Å². The fourth-order valence-electron chi connectivity index (χ4n) is 6.48. The molecule has 1 aromatic heterocycles. The fraction of sp³-hybridized carbons (Fsp3) is 0.346. The number of rotatable bonds is 3. The van der Waals surface area contributed by atoms with Crippen LogP contribution in [-0.2, 0) is 21.2 Å². The van der Waals surface area contributed by atoms with E-state index in [-0.39, 0.29) is 9.64 Å². The first-order valence-electron chi connectivity index (χ1n) is 11.7. The van der Waals surface area contributed by atoms with Crippen molar-refractivity contribution in [3.8, 4) is 5.75 Å². The molecule has 174 valence electrons. The molecule has 1 N–H and O–H groups in total. The molecule has 8 heteroatoms. The Labute approximate surface area is 203 Å². The topological polar surface area (TPSA) is 75.4 Å². The number of anilines is 1. The van der Waals surface area contributed by atoms with Crippen LogP contribution in [0.3, 0.4) is 0 Å². The number of ether oxygens (including phenoxy) is 1. The maximum atomic E-state index is 13.8. The highest BCUT2D eigenvalue weighted by Crippen LogP contribution is 2.64. The number of fused-ring (bicyclic) bond motifs is 2. The quantitative estimate of drug-likeness (QED) is 0.560. The van der Waals surface area contributed by atoms with Gasteiger partial charge in [-0.2, -0.15) is 0 Å². The first-order valence-corrected chi connectivity index (χ1v) is 13.9. The summed E-state index contributed by atoms with van der Waals surface area (Å²) >= 11 is 1.65. The Hall–Kier alpha value is -2.71. The molecule has 1 aliphatic carbocycles. The molecule has 4 aliphatic rings. The average Bonchev–Trinajstić information content (AvgIpc) is 3.38. The smallest absolute Gasteiger partial charge is 0.268 e. The zero-order chi connectivity index (χ0) is 23.4. The molecule has 4 heterocycles. The molecule has 1 spiro atoms. The van der Waals surface area contributed by atoms with Crippen LogP contribution in [0.4, 0.5) is 5.69 Å². The fourth-order valence-corrected chi connectivity index (χ4v) is 9.28. The number of aryl methyl sites for hydroxylation is 1. The van der Waals surface area contributed by atoms with Crippen LogP contribution in [0.1, 0.15) is 36.0 Å². The molecule has 7 rings (SSSR count). The van der Waals surface area contributed by atoms with Gasteiger partial charge >= 0.3 is 0 Å². The summed E-state index contributed by atoms with van der Waals surface area (Å²) in [6, 6.07) is 9.48. The highest BCUT2D eigenvalue weighted by Gasteiger charge is 2.54. The summed E-state index contributed by atoms with van der Waals surface area (Å²) in [5.74, 6) is 0.578. The van der Waals surface area contributed by atoms with E-state index in [1.54, 1.807) is 31.0 Å². The summed E-state index contributed by atoms with van der Waals surface area (Å²) in [7, 11) is -2.18. The first-order chi connectivity index (χ1) is 16.3. The zero-order valence-corrected chi connectivity index (χ0v) is 20.7. The van der Waals surface area contributed by atoms with Crippen LogP contribution in [0.5, 0.6) is 5.75 Å². The van der Waals surface area contributed by atoms with Gasteiger partial charge in [0.05, 0.1) is 27.5 Å². The molecule has 0 radical (unpaired) electrons. The van der Waals surface area contributed by atoms with Crippen LogP contribution in [0, 0.1) is 12.3 Å². The van der Waals surface area contributed by atoms with E-state index in [1.165, 1.54) is 15.1 Å². The molecule has 0 unspecified atom stereocenters. The van der Waals surface area contributed by atoms with Crippen molar-refractivity contribution in [3.63, 3.8) is 0 Å². The van der Waals surface area contributed by atoms with Gasteiger partial charge in [0, 0.05) is 29.7 Å². The van der Waals surface area contributed by atoms with E-state index in [1.807, 2.05) is 25.3 Å². The summed E-state index contributed by atoms with van der Waals surface area (Å²) in [5, 5.41) is 10.0. The number of nitrogens with zero attached hydrogens (tertiary/aromatic N) is 2. The molecule has 6 nitrogen and oxygen atoms in total. The molecular weight excluding hydrogens is 466 g/mol. The largest absolute Gasteiger partial charge is 0.494 e. The van der Waals surface area contributed by atoms with Gasteiger partial charge in [-0.25, -0.2) is 12.4 Å². The Morgan fingerprint density at radius 3 is 2.76 bits per heavy atom. The molecule has 3 aliphatic heterocycles. The minimum atomic E-state index is -3.79. The van der Waals surface area contributed by atoms with Gasteiger partial charge in [-0.15, -0.1) is 0 Å². The molecule has 2 atom stereocenters. The molecule has 1 saturated carbocycles. The van der Waals surface area contributed by atoms with E-state index < -0.39 is 10.0 Å². The van der Waals surface area contributed by atoms with Crippen molar-refractivity contribution in [1.82, 2.24) is 3.97 Å².